The van der Waals surface area contributed by atoms with Crippen LogP contribution in [0.25, 0.3) is 28.0 Å². The molecule has 3 N–H and O–H groups in total. The molecular weight excluding hydrogens is 803 g/mol. The Hall–Kier alpha value is -6.20. The van der Waals surface area contributed by atoms with E-state index in [4.69, 9.17) is 19.5 Å². The van der Waals surface area contributed by atoms with Gasteiger partial charge in [0.25, 0.3) is 0 Å². The minimum atomic E-state index is -0.811. The fourth-order valence-corrected chi connectivity index (χ4v) is 9.33. The zero-order valence-corrected chi connectivity index (χ0v) is 34.8. The Morgan fingerprint density at radius 1 is 0.733 bits per heavy atom. The molecule has 4 amide bonds. The van der Waals surface area contributed by atoms with Crippen molar-refractivity contribution in [2.75, 3.05) is 27.3 Å². The third-order valence-electron chi connectivity index (χ3n) is 11.3. The molecule has 60 heavy (non-hydrogen) atoms. The van der Waals surface area contributed by atoms with Crippen LogP contribution in [0.5, 0.6) is 0 Å². The van der Waals surface area contributed by atoms with Crippen LogP contribution in [0.2, 0.25) is 0 Å². The van der Waals surface area contributed by atoms with Gasteiger partial charge in [0.05, 0.1) is 60.6 Å². The summed E-state index contributed by atoms with van der Waals surface area (Å²) in [5, 5.41) is 9.16. The minimum Gasteiger partial charge on any atom is -0.453 e. The number of nitrogens with one attached hydrogen (secondary N) is 3. The molecule has 3 aromatic heterocycles. The monoisotopic (exact) mass is 847 g/mol. The van der Waals surface area contributed by atoms with E-state index in [2.05, 4.69) is 74.1 Å². The van der Waals surface area contributed by atoms with Gasteiger partial charge in [-0.3, -0.25) is 14.6 Å². The number of aliphatic imine (C=N–C) groups is 1. The number of ether oxygens (including phenoxy) is 2. The van der Waals surface area contributed by atoms with Gasteiger partial charge in [-0.2, -0.15) is 0 Å². The number of aromatic nitrogens is 4. The van der Waals surface area contributed by atoms with Gasteiger partial charge < -0.3 is 34.9 Å². The fraction of sp³-hybridized carbons (Fsp3) is 0.349. The van der Waals surface area contributed by atoms with Crippen molar-refractivity contribution in [1.29, 1.82) is 0 Å². The third kappa shape index (κ3) is 9.01. The summed E-state index contributed by atoms with van der Waals surface area (Å²) in [5.74, 6) is 0.344. The molecule has 2 fully saturated rings. The Bertz CT molecular complexity index is 2360. The molecule has 3 aliphatic rings. The number of aromatic amines is 1. The Labute approximate surface area is 355 Å². The number of rotatable bonds is 13. The molecule has 0 radical (unpaired) electrons. The van der Waals surface area contributed by atoms with Crippen molar-refractivity contribution in [3.8, 4) is 22.4 Å². The summed E-state index contributed by atoms with van der Waals surface area (Å²) in [5.41, 5.74) is 11.9. The van der Waals surface area contributed by atoms with Crippen molar-refractivity contribution < 1.29 is 28.7 Å². The molecule has 4 atom stereocenters. The van der Waals surface area contributed by atoms with Crippen molar-refractivity contribution in [3.63, 3.8) is 0 Å². The van der Waals surface area contributed by atoms with Crippen molar-refractivity contribution >= 4 is 58.0 Å². The van der Waals surface area contributed by atoms with Crippen LogP contribution in [0.15, 0.2) is 87.7 Å². The normalized spacial score (nSPS) is 18.4. The van der Waals surface area contributed by atoms with E-state index < -0.39 is 24.3 Å². The van der Waals surface area contributed by atoms with E-state index in [0.717, 1.165) is 76.3 Å². The summed E-state index contributed by atoms with van der Waals surface area (Å²) in [7, 11) is 2.56. The first kappa shape index (κ1) is 40.6. The molecule has 2 saturated heterocycles. The summed E-state index contributed by atoms with van der Waals surface area (Å²) < 4.78 is 9.63. The maximum absolute atomic E-state index is 13.8. The molecule has 3 aliphatic heterocycles. The summed E-state index contributed by atoms with van der Waals surface area (Å²) in [6, 6.07) is 14.7. The number of imidazole rings is 1. The highest BCUT2D eigenvalue weighted by molar-refractivity contribution is 7.07. The van der Waals surface area contributed by atoms with Crippen LogP contribution >= 0.6 is 22.7 Å². The van der Waals surface area contributed by atoms with Gasteiger partial charge in [0.1, 0.15) is 17.9 Å². The first-order chi connectivity index (χ1) is 29.3. The van der Waals surface area contributed by atoms with E-state index in [-0.39, 0.29) is 36.7 Å². The predicted octanol–water partition coefficient (Wildman–Crippen LogP) is 6.43. The highest BCUT2D eigenvalue weighted by Gasteiger charge is 2.39. The number of likely N-dealkylation sites (tertiary alicyclic amines) is 2. The van der Waals surface area contributed by atoms with Gasteiger partial charge in [0.15, 0.2) is 0 Å². The first-order valence-corrected chi connectivity index (χ1v) is 21.7. The van der Waals surface area contributed by atoms with Crippen LogP contribution in [-0.2, 0) is 31.9 Å². The topological polar surface area (TPSA) is 184 Å². The van der Waals surface area contributed by atoms with E-state index in [1.165, 1.54) is 36.9 Å². The summed E-state index contributed by atoms with van der Waals surface area (Å²) in [6.07, 6.45) is 6.82. The predicted molar refractivity (Wildman–Crippen MR) is 228 cm³/mol. The summed E-state index contributed by atoms with van der Waals surface area (Å²) in [4.78, 5) is 77.2. The van der Waals surface area contributed by atoms with Gasteiger partial charge in [-0.05, 0) is 53.5 Å². The second-order valence-electron chi connectivity index (χ2n) is 14.9. The van der Waals surface area contributed by atoms with Crippen LogP contribution < -0.4 is 10.6 Å². The van der Waals surface area contributed by atoms with Gasteiger partial charge in [0.2, 0.25) is 11.8 Å². The molecule has 0 spiro atoms. The number of allylic oxidation sites excluding steroid dienone is 1. The highest BCUT2D eigenvalue weighted by atomic mass is 32.1. The molecule has 0 unspecified atom stereocenters. The van der Waals surface area contributed by atoms with Crippen molar-refractivity contribution in [1.82, 2.24) is 40.4 Å². The van der Waals surface area contributed by atoms with E-state index >= 15 is 0 Å². The SMILES string of the molecule is COC(=O)N[C@@H](Cc1cscn1)C(=O)N1CCC[C@H]1C1=NC=C(c2ccc(-c3ccc(-c4cnc([C@@H]5CCCN5C(=O)[C@H](Cc5cscn5)NC(=O)OC)[nH]4)cc3)cc2)C1. The fourth-order valence-electron chi connectivity index (χ4n) is 8.19. The van der Waals surface area contributed by atoms with Crippen molar-refractivity contribution in [2.24, 2.45) is 4.99 Å². The second-order valence-corrected chi connectivity index (χ2v) is 16.3. The van der Waals surface area contributed by atoms with E-state index in [1.807, 2.05) is 21.9 Å². The summed E-state index contributed by atoms with van der Waals surface area (Å²) in [6.45, 7) is 1.15. The Balaban J connectivity index is 0.885. The minimum absolute atomic E-state index is 0.145. The number of alkyl carbamates (subject to hydrolysis) is 2. The number of thiazole rings is 2. The highest BCUT2D eigenvalue weighted by Crippen LogP contribution is 2.34. The van der Waals surface area contributed by atoms with Gasteiger partial charge >= 0.3 is 12.2 Å². The number of carbonyl (C=O) groups excluding carboxylic acids is 4. The van der Waals surface area contributed by atoms with Crippen molar-refractivity contribution in [2.45, 2.75) is 69.1 Å². The molecule has 0 bridgehead atoms. The quantitative estimate of drug-likeness (QED) is 0.120. The maximum atomic E-state index is 13.8. The van der Waals surface area contributed by atoms with Gasteiger partial charge in [-0.25, -0.2) is 24.5 Å². The van der Waals surface area contributed by atoms with Gasteiger partial charge in [0, 0.05) is 55.0 Å². The van der Waals surface area contributed by atoms with Crippen LogP contribution in [0.4, 0.5) is 9.59 Å². The lowest BCUT2D eigenvalue weighted by Gasteiger charge is -2.29. The van der Waals surface area contributed by atoms with Crippen LogP contribution in [0, 0.1) is 0 Å². The average molecular weight is 848 g/mol. The zero-order valence-electron chi connectivity index (χ0n) is 33.2. The molecule has 0 aliphatic carbocycles. The molecule has 6 heterocycles. The van der Waals surface area contributed by atoms with Crippen LogP contribution in [-0.4, -0.2) is 105 Å². The number of hydrogen-bond donors (Lipinski definition) is 3. The number of amides is 4. The number of hydrogen-bond acceptors (Lipinski definition) is 12. The second kappa shape index (κ2) is 18.4. The molecular formula is C43H45N9O6S2. The lowest BCUT2D eigenvalue weighted by molar-refractivity contribution is -0.134. The number of nitrogens with zero attached hydrogens (tertiary/aromatic N) is 6. The van der Waals surface area contributed by atoms with E-state index in [9.17, 15) is 19.2 Å². The summed E-state index contributed by atoms with van der Waals surface area (Å²) >= 11 is 2.88. The Morgan fingerprint density at radius 3 is 1.78 bits per heavy atom. The molecule has 2 aromatic carbocycles. The molecule has 15 nitrogen and oxygen atoms in total. The molecule has 17 heteroatoms. The first-order valence-electron chi connectivity index (χ1n) is 19.8. The number of H-pyrrole nitrogens is 1. The Morgan fingerprint density at radius 2 is 1.25 bits per heavy atom. The third-order valence-corrected chi connectivity index (χ3v) is 12.5. The van der Waals surface area contributed by atoms with E-state index in [0.29, 0.717) is 25.3 Å². The smallest absolute Gasteiger partial charge is 0.407 e. The maximum Gasteiger partial charge on any atom is 0.407 e. The number of benzene rings is 2. The Kier molecular flexibility index (Phi) is 12.4. The molecule has 310 valence electrons. The molecule has 0 saturated carbocycles. The van der Waals surface area contributed by atoms with Crippen LogP contribution in [0.1, 0.15) is 60.9 Å². The number of methoxy groups -OCH3 is 2. The lowest BCUT2D eigenvalue weighted by Crippen LogP contribution is -2.52. The zero-order chi connectivity index (χ0) is 41.6. The van der Waals surface area contributed by atoms with Gasteiger partial charge in [-0.15, -0.1) is 22.7 Å². The molecule has 8 rings (SSSR count). The average Bonchev–Trinajstić information content (AvgIpc) is 4.12. The van der Waals surface area contributed by atoms with Crippen molar-refractivity contribution in [3.05, 3.63) is 105 Å². The lowest BCUT2D eigenvalue weighted by atomic mass is 9.96. The van der Waals surface area contributed by atoms with Crippen LogP contribution in [0.3, 0.4) is 0 Å². The van der Waals surface area contributed by atoms with Gasteiger partial charge in [-0.1, -0.05) is 48.5 Å². The van der Waals surface area contributed by atoms with E-state index in [1.54, 1.807) is 22.1 Å². The standard InChI is InChI=1S/C43H45N9O6S2/c1-57-42(55)49-34(18-31-22-59-24-46-31)40(53)51-15-3-5-37(51)33-17-30(20-44-33)28-9-7-26(8-10-28)27-11-13-29(14-12-27)36-21-45-39(48-36)38-6-4-16-52(38)41(54)35(50-43(56)58-2)19-32-23-60-25-47-32/h7-14,20-25,34-35,37-38H,3-6,15-19H2,1-2H3,(H,45,48)(H,49,55)(H,50,56)/t34-,35-,37-,38-/m0/s1. The largest absolute Gasteiger partial charge is 0.453 e. The number of carbonyl (C=O) groups is 4. The molecule has 5 aromatic rings.